The van der Waals surface area contributed by atoms with Gasteiger partial charge >= 0.3 is 0 Å². The molecule has 0 spiro atoms. The van der Waals surface area contributed by atoms with E-state index in [0.29, 0.717) is 0 Å². The van der Waals surface area contributed by atoms with Crippen molar-refractivity contribution < 1.29 is 4.74 Å². The van der Waals surface area contributed by atoms with E-state index < -0.39 is 0 Å². The molecule has 1 aliphatic heterocycles. The first-order valence-corrected chi connectivity index (χ1v) is 8.66. The third kappa shape index (κ3) is 3.42. The predicted octanol–water partition coefficient (Wildman–Crippen LogP) is 4.52. The van der Waals surface area contributed by atoms with Gasteiger partial charge in [0.25, 0.3) is 0 Å². The topological polar surface area (TPSA) is 12.5 Å². The summed E-state index contributed by atoms with van der Waals surface area (Å²) in [4.78, 5) is 2.76. The first-order valence-electron chi connectivity index (χ1n) is 8.66. The van der Waals surface area contributed by atoms with E-state index in [1.165, 1.54) is 69.2 Å². The molecule has 0 bridgehead atoms. The number of likely N-dealkylation sites (tertiary alicyclic amines) is 1. The Balaban J connectivity index is 1.58. The van der Waals surface area contributed by atoms with Crippen LogP contribution in [0.15, 0.2) is 18.2 Å². The Hall–Kier alpha value is -1.02. The molecule has 0 N–H and O–H groups in total. The van der Waals surface area contributed by atoms with Gasteiger partial charge in [0.1, 0.15) is 5.75 Å². The summed E-state index contributed by atoms with van der Waals surface area (Å²) in [7, 11) is 1.76. The summed E-state index contributed by atoms with van der Waals surface area (Å²) in [6, 6.07) is 7.62. The highest BCUT2D eigenvalue weighted by atomic mass is 16.5. The lowest BCUT2D eigenvalue weighted by Crippen LogP contribution is -2.41. The molecular weight excluding hydrogens is 258 g/mol. The summed E-state index contributed by atoms with van der Waals surface area (Å²) in [5.41, 5.74) is 2.79. The van der Waals surface area contributed by atoms with Crippen LogP contribution in [-0.4, -0.2) is 31.1 Å². The zero-order valence-electron chi connectivity index (χ0n) is 13.6. The lowest BCUT2D eigenvalue weighted by atomic mass is 9.80. The van der Waals surface area contributed by atoms with Crippen molar-refractivity contribution in [1.29, 1.82) is 0 Å². The Morgan fingerprint density at radius 1 is 1.00 bits per heavy atom. The monoisotopic (exact) mass is 287 g/mol. The van der Waals surface area contributed by atoms with Crippen molar-refractivity contribution in [3.8, 4) is 5.75 Å². The van der Waals surface area contributed by atoms with Gasteiger partial charge in [-0.1, -0.05) is 18.6 Å². The molecule has 2 fully saturated rings. The first-order chi connectivity index (χ1) is 10.3. The van der Waals surface area contributed by atoms with Crippen molar-refractivity contribution >= 4 is 0 Å². The van der Waals surface area contributed by atoms with Gasteiger partial charge in [-0.25, -0.2) is 0 Å². The minimum Gasteiger partial charge on any atom is -0.496 e. The standard InChI is InChI=1S/C19H29NO/c1-15-14-17(8-11-19(15)21-2)16-6-9-18(10-7-16)20-12-4-3-5-13-20/h8,11,14,16,18H,3-7,9-10,12-13H2,1-2H3. The minimum atomic E-state index is 0.760. The number of ether oxygens (including phenoxy) is 1. The Labute approximate surface area is 129 Å². The zero-order valence-corrected chi connectivity index (χ0v) is 13.6. The van der Waals surface area contributed by atoms with Crippen LogP contribution in [0.5, 0.6) is 5.75 Å². The average molecular weight is 287 g/mol. The van der Waals surface area contributed by atoms with Gasteiger partial charge < -0.3 is 9.64 Å². The Morgan fingerprint density at radius 3 is 2.33 bits per heavy atom. The first kappa shape index (κ1) is 14.9. The number of rotatable bonds is 3. The molecular formula is C19H29NO. The predicted molar refractivity (Wildman–Crippen MR) is 88.2 cm³/mol. The van der Waals surface area contributed by atoms with E-state index in [1.807, 2.05) is 0 Å². The van der Waals surface area contributed by atoms with Gasteiger partial charge in [0.05, 0.1) is 7.11 Å². The van der Waals surface area contributed by atoms with Crippen LogP contribution in [-0.2, 0) is 0 Å². The fourth-order valence-electron chi connectivity index (χ4n) is 4.21. The Kier molecular flexibility index (Phi) is 4.84. The molecule has 1 aromatic carbocycles. The van der Waals surface area contributed by atoms with E-state index in [2.05, 4.69) is 30.0 Å². The van der Waals surface area contributed by atoms with E-state index in [9.17, 15) is 0 Å². The third-order valence-electron chi connectivity index (χ3n) is 5.49. The molecule has 2 heteroatoms. The van der Waals surface area contributed by atoms with Gasteiger partial charge in [-0.2, -0.15) is 0 Å². The van der Waals surface area contributed by atoms with Crippen LogP contribution in [0.4, 0.5) is 0 Å². The molecule has 1 heterocycles. The van der Waals surface area contributed by atoms with E-state index in [1.54, 1.807) is 7.11 Å². The second-order valence-corrected chi connectivity index (χ2v) is 6.83. The molecule has 1 saturated carbocycles. The molecule has 116 valence electrons. The van der Waals surface area contributed by atoms with Crippen molar-refractivity contribution in [3.05, 3.63) is 29.3 Å². The van der Waals surface area contributed by atoms with Crippen LogP contribution in [0.2, 0.25) is 0 Å². The Bertz CT molecular complexity index is 457. The Morgan fingerprint density at radius 2 is 1.71 bits per heavy atom. The van der Waals surface area contributed by atoms with Crippen LogP contribution >= 0.6 is 0 Å². The summed E-state index contributed by atoms with van der Waals surface area (Å²) < 4.78 is 5.38. The van der Waals surface area contributed by atoms with Gasteiger partial charge in [-0.3, -0.25) is 0 Å². The third-order valence-corrected chi connectivity index (χ3v) is 5.49. The molecule has 1 aromatic rings. The number of hydrogen-bond donors (Lipinski definition) is 0. The highest BCUT2D eigenvalue weighted by Gasteiger charge is 2.27. The van der Waals surface area contributed by atoms with Gasteiger partial charge in [0.2, 0.25) is 0 Å². The fraction of sp³-hybridized carbons (Fsp3) is 0.684. The molecule has 1 saturated heterocycles. The fourth-order valence-corrected chi connectivity index (χ4v) is 4.21. The summed E-state index contributed by atoms with van der Waals surface area (Å²) in [6.45, 7) is 4.84. The van der Waals surface area contributed by atoms with E-state index in [4.69, 9.17) is 4.74 Å². The lowest BCUT2D eigenvalue weighted by molar-refractivity contribution is 0.125. The number of aryl methyl sites for hydroxylation is 1. The molecule has 2 aliphatic rings. The highest BCUT2D eigenvalue weighted by molar-refractivity contribution is 5.37. The largest absolute Gasteiger partial charge is 0.496 e. The van der Waals surface area contributed by atoms with E-state index >= 15 is 0 Å². The van der Waals surface area contributed by atoms with Crippen LogP contribution in [0.1, 0.15) is 62.0 Å². The van der Waals surface area contributed by atoms with Gasteiger partial charge in [-0.05, 0) is 81.6 Å². The van der Waals surface area contributed by atoms with Crippen LogP contribution < -0.4 is 4.74 Å². The zero-order chi connectivity index (χ0) is 14.7. The number of methoxy groups -OCH3 is 1. The molecule has 21 heavy (non-hydrogen) atoms. The van der Waals surface area contributed by atoms with Crippen LogP contribution in [0, 0.1) is 6.92 Å². The molecule has 0 aromatic heterocycles. The second kappa shape index (κ2) is 6.83. The second-order valence-electron chi connectivity index (χ2n) is 6.83. The minimum absolute atomic E-state index is 0.760. The molecule has 0 amide bonds. The van der Waals surface area contributed by atoms with E-state index in [-0.39, 0.29) is 0 Å². The number of hydrogen-bond acceptors (Lipinski definition) is 2. The molecule has 3 rings (SSSR count). The maximum absolute atomic E-state index is 5.38. The maximum atomic E-state index is 5.38. The number of piperidine rings is 1. The van der Waals surface area contributed by atoms with E-state index in [0.717, 1.165) is 17.7 Å². The molecule has 2 nitrogen and oxygen atoms in total. The normalized spacial score (nSPS) is 27.5. The van der Waals surface area contributed by atoms with Crippen molar-refractivity contribution in [1.82, 2.24) is 4.90 Å². The van der Waals surface area contributed by atoms with Crippen LogP contribution in [0.3, 0.4) is 0 Å². The summed E-state index contributed by atoms with van der Waals surface area (Å²) in [5.74, 6) is 1.77. The van der Waals surface area contributed by atoms with Gasteiger partial charge in [0.15, 0.2) is 0 Å². The smallest absolute Gasteiger partial charge is 0.121 e. The quantitative estimate of drug-likeness (QED) is 0.810. The van der Waals surface area contributed by atoms with Crippen molar-refractivity contribution in [3.63, 3.8) is 0 Å². The number of nitrogens with zero attached hydrogens (tertiary/aromatic N) is 1. The van der Waals surface area contributed by atoms with Gasteiger partial charge in [-0.15, -0.1) is 0 Å². The molecule has 1 aliphatic carbocycles. The summed E-state index contributed by atoms with van der Waals surface area (Å²) >= 11 is 0. The molecule has 0 atom stereocenters. The molecule has 0 radical (unpaired) electrons. The van der Waals surface area contributed by atoms with Crippen molar-refractivity contribution in [2.24, 2.45) is 0 Å². The SMILES string of the molecule is COc1ccc(C2CCC(N3CCCCC3)CC2)cc1C. The number of benzene rings is 1. The van der Waals surface area contributed by atoms with Crippen LogP contribution in [0.25, 0.3) is 0 Å². The average Bonchev–Trinajstić information content (AvgIpc) is 2.56. The molecule has 0 unspecified atom stereocenters. The van der Waals surface area contributed by atoms with Crippen molar-refractivity contribution in [2.75, 3.05) is 20.2 Å². The van der Waals surface area contributed by atoms with Gasteiger partial charge in [0, 0.05) is 6.04 Å². The summed E-state index contributed by atoms with van der Waals surface area (Å²) in [5, 5.41) is 0. The summed E-state index contributed by atoms with van der Waals surface area (Å²) in [6.07, 6.45) is 9.75. The highest BCUT2D eigenvalue weighted by Crippen LogP contribution is 2.36. The lowest BCUT2D eigenvalue weighted by Gasteiger charge is -2.39. The van der Waals surface area contributed by atoms with Crippen molar-refractivity contribution in [2.45, 2.75) is 63.8 Å². The maximum Gasteiger partial charge on any atom is 0.121 e.